The lowest BCUT2D eigenvalue weighted by Gasteiger charge is -2.27. The van der Waals surface area contributed by atoms with Crippen LogP contribution in [-0.2, 0) is 0 Å². The summed E-state index contributed by atoms with van der Waals surface area (Å²) in [6.07, 6.45) is 21.4. The van der Waals surface area contributed by atoms with Crippen LogP contribution in [0.15, 0.2) is 29.4 Å². The zero-order valence-corrected chi connectivity index (χ0v) is 19.8. The summed E-state index contributed by atoms with van der Waals surface area (Å²) >= 11 is 0. The first kappa shape index (κ1) is 24.9. The molecule has 156 valence electrons. The molecule has 1 rings (SSSR count). The number of hydrogen-bond acceptors (Lipinski definition) is 3. The molecular formula is C24H43NS2. The van der Waals surface area contributed by atoms with Crippen molar-refractivity contribution < 1.29 is 0 Å². The van der Waals surface area contributed by atoms with Gasteiger partial charge in [-0.1, -0.05) is 108 Å². The van der Waals surface area contributed by atoms with Gasteiger partial charge in [0.05, 0.1) is 0 Å². The minimum Gasteiger partial charge on any atom is -0.249 e. The summed E-state index contributed by atoms with van der Waals surface area (Å²) in [5.74, 6) is 0.885. The molecule has 0 radical (unpaired) electrons. The van der Waals surface area contributed by atoms with Crippen molar-refractivity contribution in [2.24, 2.45) is 5.92 Å². The molecule has 0 fully saturated rings. The number of unbranched alkanes of at least 4 members (excludes halogenated alkanes) is 8. The van der Waals surface area contributed by atoms with Gasteiger partial charge < -0.3 is 0 Å². The fourth-order valence-corrected chi connectivity index (χ4v) is 6.52. The third kappa shape index (κ3) is 12.8. The van der Waals surface area contributed by atoms with E-state index in [1.165, 1.54) is 94.9 Å². The van der Waals surface area contributed by atoms with Crippen LogP contribution >= 0.6 is 21.6 Å². The lowest BCUT2D eigenvalue weighted by atomic mass is 9.89. The molecule has 0 aliphatic rings. The van der Waals surface area contributed by atoms with Gasteiger partial charge in [-0.3, -0.25) is 0 Å². The van der Waals surface area contributed by atoms with E-state index in [0.717, 1.165) is 11.2 Å². The van der Waals surface area contributed by atoms with Gasteiger partial charge in [-0.2, -0.15) is 0 Å². The first-order chi connectivity index (χ1) is 13.3. The van der Waals surface area contributed by atoms with Gasteiger partial charge >= 0.3 is 0 Å². The molecule has 0 aliphatic carbocycles. The lowest BCUT2D eigenvalue weighted by Crippen LogP contribution is -2.17. The number of pyridine rings is 1. The maximum atomic E-state index is 4.52. The zero-order chi connectivity index (χ0) is 19.6. The van der Waals surface area contributed by atoms with Crippen molar-refractivity contribution in [3.8, 4) is 0 Å². The van der Waals surface area contributed by atoms with Crippen molar-refractivity contribution in [3.63, 3.8) is 0 Å². The fraction of sp³-hybridized carbons (Fsp3) is 0.792. The van der Waals surface area contributed by atoms with E-state index in [-0.39, 0.29) is 0 Å². The molecule has 1 aromatic rings. The Morgan fingerprint density at radius 2 is 1.33 bits per heavy atom. The Morgan fingerprint density at radius 3 is 1.93 bits per heavy atom. The summed E-state index contributed by atoms with van der Waals surface area (Å²) in [6.45, 7) is 6.95. The highest BCUT2D eigenvalue weighted by Gasteiger charge is 2.22. The van der Waals surface area contributed by atoms with Gasteiger partial charge in [0.1, 0.15) is 5.03 Å². The summed E-state index contributed by atoms with van der Waals surface area (Å²) in [7, 11) is 4.03. The minimum atomic E-state index is 0.785. The highest BCUT2D eigenvalue weighted by atomic mass is 33.1. The van der Waals surface area contributed by atoms with Crippen LogP contribution in [0.25, 0.3) is 0 Å². The van der Waals surface area contributed by atoms with E-state index in [9.17, 15) is 0 Å². The molecule has 0 bridgehead atoms. The topological polar surface area (TPSA) is 12.9 Å². The van der Waals surface area contributed by atoms with Crippen LogP contribution in [0.5, 0.6) is 0 Å². The summed E-state index contributed by atoms with van der Waals surface area (Å²) in [6, 6.07) is 6.27. The summed E-state index contributed by atoms with van der Waals surface area (Å²) < 4.78 is 0. The largest absolute Gasteiger partial charge is 0.249 e. The van der Waals surface area contributed by atoms with Crippen LogP contribution in [-0.4, -0.2) is 10.2 Å². The maximum absolute atomic E-state index is 4.52. The predicted molar refractivity (Wildman–Crippen MR) is 127 cm³/mol. The minimum absolute atomic E-state index is 0.785. The highest BCUT2D eigenvalue weighted by molar-refractivity contribution is 8.76. The second kappa shape index (κ2) is 17.9. The summed E-state index contributed by atoms with van der Waals surface area (Å²) in [4.78, 5) is 4.52. The third-order valence-corrected chi connectivity index (χ3v) is 8.29. The van der Waals surface area contributed by atoms with Crippen LogP contribution in [0.1, 0.15) is 111 Å². The zero-order valence-electron chi connectivity index (χ0n) is 18.1. The molecule has 1 heterocycles. The molecule has 1 aromatic heterocycles. The first-order valence-electron chi connectivity index (χ1n) is 11.6. The second-order valence-corrected chi connectivity index (χ2v) is 10.3. The molecule has 3 heteroatoms. The SMILES string of the molecule is CCCCCCC(CCCCC)C(CCCCCC)SSc1ccccn1. The van der Waals surface area contributed by atoms with Crippen LogP contribution in [0.3, 0.4) is 0 Å². The smallest absolute Gasteiger partial charge is 0.106 e. The molecule has 0 aromatic carbocycles. The Labute approximate surface area is 177 Å². The van der Waals surface area contributed by atoms with Gasteiger partial charge in [0.15, 0.2) is 0 Å². The van der Waals surface area contributed by atoms with E-state index in [1.807, 2.05) is 23.1 Å². The van der Waals surface area contributed by atoms with Crippen LogP contribution in [0.4, 0.5) is 0 Å². The fourth-order valence-electron chi connectivity index (χ4n) is 3.65. The van der Waals surface area contributed by atoms with Gasteiger partial charge in [-0.05, 0) is 48.1 Å². The van der Waals surface area contributed by atoms with Crippen molar-refractivity contribution in [2.75, 3.05) is 0 Å². The summed E-state index contributed by atoms with van der Waals surface area (Å²) in [5, 5.41) is 1.95. The quantitative estimate of drug-likeness (QED) is 0.177. The molecule has 0 N–H and O–H groups in total. The van der Waals surface area contributed by atoms with E-state index < -0.39 is 0 Å². The average molecular weight is 410 g/mol. The van der Waals surface area contributed by atoms with E-state index >= 15 is 0 Å². The maximum Gasteiger partial charge on any atom is 0.106 e. The van der Waals surface area contributed by atoms with E-state index in [2.05, 4.69) is 48.7 Å². The highest BCUT2D eigenvalue weighted by Crippen LogP contribution is 2.41. The van der Waals surface area contributed by atoms with Crippen LogP contribution in [0.2, 0.25) is 0 Å². The molecular weight excluding hydrogens is 366 g/mol. The number of hydrogen-bond donors (Lipinski definition) is 0. The molecule has 2 atom stereocenters. The lowest BCUT2D eigenvalue weighted by molar-refractivity contribution is 0.380. The monoisotopic (exact) mass is 409 g/mol. The van der Waals surface area contributed by atoms with Gasteiger partial charge in [0, 0.05) is 11.4 Å². The molecule has 0 amide bonds. The molecule has 0 saturated carbocycles. The van der Waals surface area contributed by atoms with Crippen molar-refractivity contribution in [3.05, 3.63) is 24.4 Å². The summed E-state index contributed by atoms with van der Waals surface area (Å²) in [5.41, 5.74) is 0. The molecule has 2 unspecified atom stereocenters. The van der Waals surface area contributed by atoms with Gasteiger partial charge in [0.2, 0.25) is 0 Å². The second-order valence-electron chi connectivity index (χ2n) is 7.84. The van der Waals surface area contributed by atoms with Crippen molar-refractivity contribution in [1.82, 2.24) is 4.98 Å². The number of nitrogens with zero attached hydrogens (tertiary/aromatic N) is 1. The Balaban J connectivity index is 2.63. The predicted octanol–water partition coefficient (Wildman–Crippen LogP) is 9.33. The average Bonchev–Trinajstić information content (AvgIpc) is 2.70. The van der Waals surface area contributed by atoms with Gasteiger partial charge in [-0.15, -0.1) is 0 Å². The molecule has 0 aliphatic heterocycles. The molecule has 1 nitrogen and oxygen atoms in total. The number of rotatable bonds is 18. The standard InChI is InChI=1S/C24H43NS2/c1-4-7-10-13-18-22(17-12-9-6-3)23(19-14-11-8-5-2)26-27-24-20-15-16-21-25-24/h15-16,20-23H,4-14,17-19H2,1-3H3. The van der Waals surface area contributed by atoms with E-state index in [1.54, 1.807) is 0 Å². The van der Waals surface area contributed by atoms with E-state index in [0.29, 0.717) is 0 Å². The number of aromatic nitrogens is 1. The normalized spacial score (nSPS) is 13.6. The first-order valence-corrected chi connectivity index (χ1v) is 13.8. The molecule has 0 saturated heterocycles. The van der Waals surface area contributed by atoms with Crippen molar-refractivity contribution >= 4 is 21.6 Å². The van der Waals surface area contributed by atoms with Gasteiger partial charge in [-0.25, -0.2) is 4.98 Å². The van der Waals surface area contributed by atoms with Crippen molar-refractivity contribution in [2.45, 2.75) is 121 Å². The van der Waals surface area contributed by atoms with Crippen LogP contribution in [0, 0.1) is 5.92 Å². The Kier molecular flexibility index (Phi) is 16.5. The van der Waals surface area contributed by atoms with Gasteiger partial charge in [0.25, 0.3) is 0 Å². The van der Waals surface area contributed by atoms with Crippen molar-refractivity contribution in [1.29, 1.82) is 0 Å². The van der Waals surface area contributed by atoms with E-state index in [4.69, 9.17) is 0 Å². The Bertz CT molecular complexity index is 424. The third-order valence-electron chi connectivity index (χ3n) is 5.37. The molecule has 0 spiro atoms. The van der Waals surface area contributed by atoms with Crippen LogP contribution < -0.4 is 0 Å². The Morgan fingerprint density at radius 1 is 0.741 bits per heavy atom. The Hall–Kier alpha value is -0.150. The molecule has 27 heavy (non-hydrogen) atoms.